The third kappa shape index (κ3) is 3.81. The van der Waals surface area contributed by atoms with Gasteiger partial charge in [-0.05, 0) is 18.9 Å². The summed E-state index contributed by atoms with van der Waals surface area (Å²) < 4.78 is 0. The molecular formula is C12H16N2O4. The molecule has 0 spiro atoms. The molecule has 0 aliphatic rings. The Kier molecular flexibility index (Phi) is 5.26. The smallest absolute Gasteiger partial charge is 0.272 e. The first-order valence-electron chi connectivity index (χ1n) is 5.66. The van der Waals surface area contributed by atoms with Gasteiger partial charge in [0.25, 0.3) is 5.69 Å². The fourth-order valence-electron chi connectivity index (χ4n) is 1.58. The third-order valence-electron chi connectivity index (χ3n) is 2.65. The van der Waals surface area contributed by atoms with Crippen LogP contribution in [0.1, 0.15) is 24.0 Å². The topological polar surface area (TPSA) is 92.5 Å². The van der Waals surface area contributed by atoms with Gasteiger partial charge in [0.1, 0.15) is 0 Å². The van der Waals surface area contributed by atoms with Crippen LogP contribution in [0.3, 0.4) is 0 Å². The minimum Gasteiger partial charge on any atom is -0.396 e. The lowest BCUT2D eigenvalue weighted by Gasteiger charge is -2.08. The predicted octanol–water partition coefficient (Wildman–Crippen LogP) is 1.29. The largest absolute Gasteiger partial charge is 0.396 e. The number of nitro benzene ring substituents is 1. The number of rotatable bonds is 6. The van der Waals surface area contributed by atoms with Gasteiger partial charge in [-0.25, -0.2) is 0 Å². The molecule has 2 N–H and O–H groups in total. The molecular weight excluding hydrogens is 236 g/mol. The molecule has 0 unspecified atom stereocenters. The van der Waals surface area contributed by atoms with E-state index >= 15 is 0 Å². The summed E-state index contributed by atoms with van der Waals surface area (Å²) in [5.74, 6) is -0.171. The van der Waals surface area contributed by atoms with E-state index in [9.17, 15) is 14.9 Å². The Morgan fingerprint density at radius 3 is 2.83 bits per heavy atom. The number of nitro groups is 1. The SMILES string of the molecule is Cc1c(CNC(=O)CCCO)cccc1[N+](=O)[O-]. The van der Waals surface area contributed by atoms with E-state index in [1.165, 1.54) is 6.07 Å². The number of hydrogen-bond acceptors (Lipinski definition) is 4. The number of nitrogens with zero attached hydrogens (tertiary/aromatic N) is 1. The van der Waals surface area contributed by atoms with Crippen molar-refractivity contribution in [2.75, 3.05) is 6.61 Å². The van der Waals surface area contributed by atoms with Gasteiger partial charge in [0.2, 0.25) is 5.91 Å². The van der Waals surface area contributed by atoms with E-state index in [2.05, 4.69) is 5.32 Å². The van der Waals surface area contributed by atoms with Crippen LogP contribution in [0.15, 0.2) is 18.2 Å². The molecule has 0 aromatic heterocycles. The average Bonchev–Trinajstić information content (AvgIpc) is 2.34. The minimum absolute atomic E-state index is 0.0245. The van der Waals surface area contributed by atoms with E-state index in [4.69, 9.17) is 5.11 Å². The maximum absolute atomic E-state index is 11.3. The highest BCUT2D eigenvalue weighted by Gasteiger charge is 2.13. The Hall–Kier alpha value is -1.95. The quantitative estimate of drug-likeness (QED) is 0.589. The fourth-order valence-corrected chi connectivity index (χ4v) is 1.58. The van der Waals surface area contributed by atoms with Gasteiger partial charge in [-0.1, -0.05) is 12.1 Å². The van der Waals surface area contributed by atoms with Crippen molar-refractivity contribution in [3.63, 3.8) is 0 Å². The molecule has 0 aliphatic heterocycles. The summed E-state index contributed by atoms with van der Waals surface area (Å²) in [6.45, 7) is 1.90. The molecule has 1 aromatic rings. The molecule has 0 heterocycles. The fraction of sp³-hybridized carbons (Fsp3) is 0.417. The third-order valence-corrected chi connectivity index (χ3v) is 2.65. The Morgan fingerprint density at radius 1 is 1.50 bits per heavy atom. The van der Waals surface area contributed by atoms with E-state index in [0.29, 0.717) is 12.0 Å². The van der Waals surface area contributed by atoms with Crippen LogP contribution in [-0.4, -0.2) is 22.5 Å². The van der Waals surface area contributed by atoms with Crippen molar-refractivity contribution in [3.05, 3.63) is 39.4 Å². The van der Waals surface area contributed by atoms with Crippen LogP contribution in [0.4, 0.5) is 5.69 Å². The second-order valence-corrected chi connectivity index (χ2v) is 3.92. The maximum atomic E-state index is 11.3. The van der Waals surface area contributed by atoms with Crippen molar-refractivity contribution in [2.24, 2.45) is 0 Å². The van der Waals surface area contributed by atoms with Crippen LogP contribution in [0.25, 0.3) is 0 Å². The minimum atomic E-state index is -0.438. The second kappa shape index (κ2) is 6.70. The molecule has 0 radical (unpaired) electrons. The molecule has 0 atom stereocenters. The number of carbonyl (C=O) groups excluding carboxylic acids is 1. The van der Waals surface area contributed by atoms with Crippen LogP contribution in [0.5, 0.6) is 0 Å². The predicted molar refractivity (Wildman–Crippen MR) is 66.0 cm³/mol. The standard InChI is InChI=1S/C12H16N2O4/c1-9-10(4-2-5-11(9)14(17)18)8-13-12(16)6-3-7-15/h2,4-5,15H,3,6-8H2,1H3,(H,13,16). The monoisotopic (exact) mass is 252 g/mol. The second-order valence-electron chi connectivity index (χ2n) is 3.92. The summed E-state index contributed by atoms with van der Waals surface area (Å²) in [6.07, 6.45) is 0.671. The van der Waals surface area contributed by atoms with Crippen LogP contribution < -0.4 is 5.32 Å². The number of aliphatic hydroxyl groups excluding tert-OH is 1. The molecule has 0 saturated heterocycles. The van der Waals surface area contributed by atoms with Gasteiger partial charge in [-0.15, -0.1) is 0 Å². The first-order chi connectivity index (χ1) is 8.56. The molecule has 0 fully saturated rings. The Labute approximate surface area is 105 Å². The highest BCUT2D eigenvalue weighted by molar-refractivity contribution is 5.75. The molecule has 18 heavy (non-hydrogen) atoms. The van der Waals surface area contributed by atoms with Gasteiger partial charge in [0.05, 0.1) is 4.92 Å². The normalized spacial score (nSPS) is 10.1. The highest BCUT2D eigenvalue weighted by Crippen LogP contribution is 2.20. The van der Waals surface area contributed by atoms with Crippen LogP contribution >= 0.6 is 0 Å². The summed E-state index contributed by atoms with van der Waals surface area (Å²) in [7, 11) is 0. The summed E-state index contributed by atoms with van der Waals surface area (Å²) >= 11 is 0. The average molecular weight is 252 g/mol. The van der Waals surface area contributed by atoms with Gasteiger partial charge >= 0.3 is 0 Å². The van der Waals surface area contributed by atoms with Gasteiger partial charge < -0.3 is 10.4 Å². The van der Waals surface area contributed by atoms with Crippen LogP contribution in [0.2, 0.25) is 0 Å². The van der Waals surface area contributed by atoms with Gasteiger partial charge in [0.15, 0.2) is 0 Å². The lowest BCUT2D eigenvalue weighted by Crippen LogP contribution is -2.23. The molecule has 0 aliphatic carbocycles. The summed E-state index contributed by atoms with van der Waals surface area (Å²) in [5, 5.41) is 22.0. The first-order valence-corrected chi connectivity index (χ1v) is 5.66. The van der Waals surface area contributed by atoms with E-state index in [1.807, 2.05) is 0 Å². The van der Waals surface area contributed by atoms with Crippen molar-refractivity contribution < 1.29 is 14.8 Å². The maximum Gasteiger partial charge on any atom is 0.272 e. The summed E-state index contributed by atoms with van der Waals surface area (Å²) in [6, 6.07) is 4.78. The van der Waals surface area contributed by atoms with Crippen molar-refractivity contribution in [1.29, 1.82) is 0 Å². The number of carbonyl (C=O) groups is 1. The molecule has 6 nitrogen and oxygen atoms in total. The number of nitrogens with one attached hydrogen (secondary N) is 1. The number of amides is 1. The van der Waals surface area contributed by atoms with Crippen molar-refractivity contribution in [1.82, 2.24) is 5.32 Å². The molecule has 6 heteroatoms. The number of benzene rings is 1. The Bertz CT molecular complexity index is 446. The van der Waals surface area contributed by atoms with Crippen molar-refractivity contribution in [3.8, 4) is 0 Å². The zero-order valence-electron chi connectivity index (χ0n) is 10.2. The van der Waals surface area contributed by atoms with Crippen molar-refractivity contribution in [2.45, 2.75) is 26.3 Å². The van der Waals surface area contributed by atoms with E-state index < -0.39 is 4.92 Å². The number of hydrogen-bond donors (Lipinski definition) is 2. The molecule has 0 saturated carbocycles. The molecule has 0 bridgehead atoms. The van der Waals surface area contributed by atoms with E-state index in [0.717, 1.165) is 5.56 Å². The van der Waals surface area contributed by atoms with E-state index in [-0.39, 0.29) is 31.2 Å². The Morgan fingerprint density at radius 2 is 2.22 bits per heavy atom. The summed E-state index contributed by atoms with van der Waals surface area (Å²) in [4.78, 5) is 21.7. The van der Waals surface area contributed by atoms with Gasteiger partial charge in [-0.2, -0.15) is 0 Å². The highest BCUT2D eigenvalue weighted by atomic mass is 16.6. The lowest BCUT2D eigenvalue weighted by atomic mass is 10.1. The van der Waals surface area contributed by atoms with Crippen LogP contribution in [0, 0.1) is 17.0 Å². The number of aliphatic hydroxyl groups is 1. The molecule has 98 valence electrons. The van der Waals surface area contributed by atoms with Gasteiger partial charge in [-0.3, -0.25) is 14.9 Å². The van der Waals surface area contributed by atoms with Gasteiger partial charge in [0, 0.05) is 31.2 Å². The van der Waals surface area contributed by atoms with E-state index in [1.54, 1.807) is 19.1 Å². The first kappa shape index (κ1) is 14.1. The molecule has 1 amide bonds. The molecule has 1 aromatic carbocycles. The van der Waals surface area contributed by atoms with Crippen molar-refractivity contribution >= 4 is 11.6 Å². The zero-order valence-corrected chi connectivity index (χ0v) is 10.2. The zero-order chi connectivity index (χ0) is 13.5. The summed E-state index contributed by atoms with van der Waals surface area (Å²) in [5.41, 5.74) is 1.34. The van der Waals surface area contributed by atoms with Crippen LogP contribution in [-0.2, 0) is 11.3 Å². The Balaban J connectivity index is 2.65. The molecule has 1 rings (SSSR count). The lowest BCUT2D eigenvalue weighted by molar-refractivity contribution is -0.385.